The summed E-state index contributed by atoms with van der Waals surface area (Å²) in [4.78, 5) is 12.5. The average molecular weight is 312 g/mol. The summed E-state index contributed by atoms with van der Waals surface area (Å²) in [5.74, 6) is -0.127. The van der Waals surface area contributed by atoms with E-state index in [-0.39, 0.29) is 12.5 Å². The van der Waals surface area contributed by atoms with Crippen molar-refractivity contribution in [2.45, 2.75) is 44.2 Å². The molecule has 0 spiro atoms. The number of amides is 1. The van der Waals surface area contributed by atoms with E-state index in [0.29, 0.717) is 11.7 Å². The third kappa shape index (κ3) is 3.48. The van der Waals surface area contributed by atoms with Crippen LogP contribution in [0.15, 0.2) is 48.7 Å². The second kappa shape index (κ2) is 6.59. The maximum atomic E-state index is 12.5. The third-order valence-corrected chi connectivity index (χ3v) is 4.72. The van der Waals surface area contributed by atoms with Crippen molar-refractivity contribution >= 4 is 5.91 Å². The average Bonchev–Trinajstić information content (AvgIpc) is 3.24. The molecule has 3 rings (SSSR count). The molecule has 23 heavy (non-hydrogen) atoms. The minimum absolute atomic E-state index is 0.127. The molecule has 0 bridgehead atoms. The van der Waals surface area contributed by atoms with Gasteiger partial charge in [-0.25, -0.2) is 0 Å². The van der Waals surface area contributed by atoms with Crippen molar-refractivity contribution in [3.05, 3.63) is 59.9 Å². The molecule has 2 aromatic rings. The van der Waals surface area contributed by atoms with E-state index in [2.05, 4.69) is 9.88 Å². The molecule has 1 aromatic heterocycles. The van der Waals surface area contributed by atoms with Crippen LogP contribution in [0.3, 0.4) is 0 Å². The van der Waals surface area contributed by atoms with Crippen molar-refractivity contribution in [3.8, 4) is 0 Å². The van der Waals surface area contributed by atoms with Gasteiger partial charge in [0.1, 0.15) is 11.3 Å². The van der Waals surface area contributed by atoms with Crippen LogP contribution in [0, 0.1) is 0 Å². The first-order valence-electron chi connectivity index (χ1n) is 8.31. The van der Waals surface area contributed by atoms with Crippen molar-refractivity contribution in [1.29, 1.82) is 0 Å². The highest BCUT2D eigenvalue weighted by atomic mass is 16.3. The summed E-state index contributed by atoms with van der Waals surface area (Å²) in [6, 6.07) is 13.6. The van der Waals surface area contributed by atoms with Gasteiger partial charge in [0.25, 0.3) is 5.91 Å². The molecular formula is C19H24N2O2. The molecule has 0 aliphatic heterocycles. The Hall–Kier alpha value is -2.07. The van der Waals surface area contributed by atoms with E-state index in [1.165, 1.54) is 12.8 Å². The molecule has 2 N–H and O–H groups in total. The van der Waals surface area contributed by atoms with Crippen LogP contribution in [0.5, 0.6) is 0 Å². The topological polar surface area (TPSA) is 54.3 Å². The Morgan fingerprint density at radius 3 is 2.61 bits per heavy atom. The number of carbonyl (C=O) groups excluding carboxylic acids is 1. The maximum Gasteiger partial charge on any atom is 0.268 e. The van der Waals surface area contributed by atoms with E-state index in [9.17, 15) is 9.90 Å². The Bertz CT molecular complexity index is 655. The first-order valence-corrected chi connectivity index (χ1v) is 8.31. The summed E-state index contributed by atoms with van der Waals surface area (Å²) in [5, 5.41) is 13.5. The van der Waals surface area contributed by atoms with Gasteiger partial charge in [-0.15, -0.1) is 0 Å². The zero-order valence-corrected chi connectivity index (χ0v) is 13.5. The van der Waals surface area contributed by atoms with Gasteiger partial charge in [-0.3, -0.25) is 4.79 Å². The molecule has 1 heterocycles. The van der Waals surface area contributed by atoms with Gasteiger partial charge in [0, 0.05) is 12.2 Å². The molecule has 4 heteroatoms. The van der Waals surface area contributed by atoms with Gasteiger partial charge >= 0.3 is 0 Å². The zero-order chi connectivity index (χ0) is 16.3. The molecule has 4 nitrogen and oxygen atoms in total. The molecule has 1 atom stereocenters. The van der Waals surface area contributed by atoms with Gasteiger partial charge in [0.15, 0.2) is 0 Å². The lowest BCUT2D eigenvalue weighted by Gasteiger charge is -2.24. The minimum atomic E-state index is -1.08. The quantitative estimate of drug-likeness (QED) is 0.890. The van der Waals surface area contributed by atoms with E-state index < -0.39 is 5.60 Å². The summed E-state index contributed by atoms with van der Waals surface area (Å²) in [5.41, 5.74) is 0.397. The van der Waals surface area contributed by atoms with E-state index >= 15 is 0 Å². The van der Waals surface area contributed by atoms with E-state index in [1.54, 1.807) is 6.92 Å². The van der Waals surface area contributed by atoms with E-state index in [4.69, 9.17) is 0 Å². The maximum absolute atomic E-state index is 12.5. The van der Waals surface area contributed by atoms with Gasteiger partial charge in [-0.2, -0.15) is 0 Å². The Morgan fingerprint density at radius 1 is 1.22 bits per heavy atom. The van der Waals surface area contributed by atoms with Crippen LogP contribution in [0.25, 0.3) is 0 Å². The lowest BCUT2D eigenvalue weighted by atomic mass is 9.96. The van der Waals surface area contributed by atoms with E-state index in [0.717, 1.165) is 18.4 Å². The number of carbonyl (C=O) groups is 1. The smallest absolute Gasteiger partial charge is 0.268 e. The van der Waals surface area contributed by atoms with Crippen LogP contribution in [-0.4, -0.2) is 22.1 Å². The van der Waals surface area contributed by atoms with Crippen LogP contribution in [0.4, 0.5) is 0 Å². The minimum Gasteiger partial charge on any atom is -0.384 e. The molecular weight excluding hydrogens is 288 g/mol. The summed E-state index contributed by atoms with van der Waals surface area (Å²) < 4.78 is 2.08. The number of aliphatic hydroxyl groups is 1. The first kappa shape index (κ1) is 15.8. The van der Waals surface area contributed by atoms with Crippen molar-refractivity contribution in [3.63, 3.8) is 0 Å². The van der Waals surface area contributed by atoms with Crippen LogP contribution in [0.2, 0.25) is 0 Å². The van der Waals surface area contributed by atoms with Gasteiger partial charge in [-0.05, 0) is 37.5 Å². The number of nitrogens with one attached hydrogen (secondary N) is 1. The van der Waals surface area contributed by atoms with Crippen LogP contribution < -0.4 is 5.32 Å². The molecule has 1 fully saturated rings. The standard InChI is InChI=1S/C19H24N2O2/c1-19(23,15-8-3-2-4-9-15)14-20-18(22)17-12-7-13-21(17)16-10-5-6-11-16/h2-4,7-9,12-13,16,23H,5-6,10-11,14H2,1H3,(H,20,22). The number of hydrogen-bond donors (Lipinski definition) is 2. The largest absolute Gasteiger partial charge is 0.384 e. The molecule has 1 unspecified atom stereocenters. The highest BCUT2D eigenvalue weighted by Crippen LogP contribution is 2.30. The molecule has 0 radical (unpaired) electrons. The molecule has 1 saturated carbocycles. The van der Waals surface area contributed by atoms with Gasteiger partial charge < -0.3 is 15.0 Å². The molecule has 1 amide bonds. The second-order valence-corrected chi connectivity index (χ2v) is 6.56. The molecule has 1 aliphatic carbocycles. The zero-order valence-electron chi connectivity index (χ0n) is 13.5. The Kier molecular flexibility index (Phi) is 4.53. The normalized spacial score (nSPS) is 17.8. The SMILES string of the molecule is CC(O)(CNC(=O)c1cccn1C1CCCC1)c1ccccc1. The first-order chi connectivity index (χ1) is 11.1. The van der Waals surface area contributed by atoms with Gasteiger partial charge in [0.2, 0.25) is 0 Å². The van der Waals surface area contributed by atoms with Crippen molar-refractivity contribution in [2.24, 2.45) is 0 Å². The highest BCUT2D eigenvalue weighted by molar-refractivity contribution is 5.92. The predicted molar refractivity (Wildman–Crippen MR) is 90.3 cm³/mol. The van der Waals surface area contributed by atoms with Crippen molar-refractivity contribution < 1.29 is 9.90 Å². The van der Waals surface area contributed by atoms with Crippen molar-refractivity contribution in [1.82, 2.24) is 9.88 Å². The predicted octanol–water partition coefficient (Wildman–Crippen LogP) is 3.24. The molecule has 0 saturated heterocycles. The Balaban J connectivity index is 1.67. The van der Waals surface area contributed by atoms with Gasteiger partial charge in [-0.1, -0.05) is 43.2 Å². The third-order valence-electron chi connectivity index (χ3n) is 4.72. The van der Waals surface area contributed by atoms with E-state index in [1.807, 2.05) is 48.7 Å². The molecule has 1 aliphatic rings. The number of benzene rings is 1. The fraction of sp³-hybridized carbons (Fsp3) is 0.421. The highest BCUT2D eigenvalue weighted by Gasteiger charge is 2.25. The van der Waals surface area contributed by atoms with Crippen LogP contribution in [0.1, 0.15) is 54.7 Å². The lowest BCUT2D eigenvalue weighted by Crippen LogP contribution is -2.39. The second-order valence-electron chi connectivity index (χ2n) is 6.56. The number of aromatic nitrogens is 1. The molecule has 122 valence electrons. The summed E-state index contributed by atoms with van der Waals surface area (Å²) in [6.45, 7) is 1.91. The summed E-state index contributed by atoms with van der Waals surface area (Å²) >= 11 is 0. The number of hydrogen-bond acceptors (Lipinski definition) is 2. The fourth-order valence-corrected chi connectivity index (χ4v) is 3.33. The monoisotopic (exact) mass is 312 g/mol. The van der Waals surface area contributed by atoms with Crippen LogP contribution in [-0.2, 0) is 5.60 Å². The summed E-state index contributed by atoms with van der Waals surface area (Å²) in [6.07, 6.45) is 6.72. The molecule has 1 aromatic carbocycles. The Morgan fingerprint density at radius 2 is 1.91 bits per heavy atom. The summed E-state index contributed by atoms with van der Waals surface area (Å²) in [7, 11) is 0. The lowest BCUT2D eigenvalue weighted by molar-refractivity contribution is 0.0523. The van der Waals surface area contributed by atoms with Gasteiger partial charge in [0.05, 0.1) is 6.54 Å². The Labute approximate surface area is 137 Å². The number of nitrogens with zero attached hydrogens (tertiary/aromatic N) is 1. The van der Waals surface area contributed by atoms with Crippen molar-refractivity contribution in [2.75, 3.05) is 6.54 Å². The number of rotatable bonds is 5. The van der Waals surface area contributed by atoms with Crippen LogP contribution >= 0.6 is 0 Å². The fourth-order valence-electron chi connectivity index (χ4n) is 3.33.